The molecule has 0 spiro atoms. The fraction of sp³-hybridized carbons (Fsp3) is 0.500. The number of benzene rings is 1. The molecule has 1 amide bonds. The van der Waals surface area contributed by atoms with Crippen molar-refractivity contribution in [2.24, 2.45) is 5.73 Å². The number of nitrogens with two attached hydrogens (primary N) is 1. The first-order chi connectivity index (χ1) is 9.32. The minimum atomic E-state index is -0.620. The van der Waals surface area contributed by atoms with Gasteiger partial charge in [-0.05, 0) is 33.2 Å². The summed E-state index contributed by atoms with van der Waals surface area (Å²) in [6, 6.07) is 2.90. The highest BCUT2D eigenvalue weighted by atomic mass is 19.1. The van der Waals surface area contributed by atoms with Gasteiger partial charge >= 0.3 is 0 Å². The Morgan fingerprint density at radius 2 is 1.90 bits per heavy atom. The summed E-state index contributed by atoms with van der Waals surface area (Å²) < 4.78 is 27.6. The van der Waals surface area contributed by atoms with E-state index in [1.54, 1.807) is 25.9 Å². The number of nitrogens with one attached hydrogen (secondary N) is 1. The summed E-state index contributed by atoms with van der Waals surface area (Å²) in [7, 11) is 3.41. The van der Waals surface area contributed by atoms with Crippen LogP contribution in [-0.4, -0.2) is 37.5 Å². The maximum absolute atomic E-state index is 13.8. The lowest BCUT2D eigenvalue weighted by molar-refractivity contribution is -0.121. The average molecular weight is 285 g/mol. The Morgan fingerprint density at radius 1 is 1.35 bits per heavy atom. The van der Waals surface area contributed by atoms with Gasteiger partial charge in [-0.15, -0.1) is 0 Å². The van der Waals surface area contributed by atoms with Gasteiger partial charge in [0, 0.05) is 24.6 Å². The van der Waals surface area contributed by atoms with Crippen LogP contribution in [0.15, 0.2) is 18.2 Å². The van der Waals surface area contributed by atoms with E-state index in [0.717, 1.165) is 0 Å². The van der Waals surface area contributed by atoms with Gasteiger partial charge in [0.05, 0.1) is 6.04 Å². The van der Waals surface area contributed by atoms with Crippen molar-refractivity contribution in [2.75, 3.05) is 20.6 Å². The monoisotopic (exact) mass is 285 g/mol. The molecule has 0 fully saturated rings. The number of nitrogens with zero attached hydrogens (tertiary/aromatic N) is 1. The Bertz CT molecular complexity index is 443. The summed E-state index contributed by atoms with van der Waals surface area (Å²) >= 11 is 0. The molecule has 20 heavy (non-hydrogen) atoms. The van der Waals surface area contributed by atoms with Crippen molar-refractivity contribution in [3.05, 3.63) is 35.4 Å². The van der Waals surface area contributed by atoms with Crippen molar-refractivity contribution in [3.8, 4) is 0 Å². The zero-order chi connectivity index (χ0) is 15.3. The number of rotatable bonds is 6. The molecule has 1 rings (SSSR count). The molecule has 2 atom stereocenters. The molecule has 0 heterocycles. The maximum atomic E-state index is 13.8. The summed E-state index contributed by atoms with van der Waals surface area (Å²) in [6.07, 6.45) is 0.180. The number of hydrogen-bond acceptors (Lipinski definition) is 3. The topological polar surface area (TPSA) is 58.4 Å². The second-order valence-corrected chi connectivity index (χ2v) is 5.10. The molecular formula is C14H21F2N3O. The summed E-state index contributed by atoms with van der Waals surface area (Å²) in [5.74, 6) is -1.47. The van der Waals surface area contributed by atoms with Crippen LogP contribution in [0, 0.1) is 11.6 Å². The van der Waals surface area contributed by atoms with E-state index in [2.05, 4.69) is 5.32 Å². The van der Waals surface area contributed by atoms with Gasteiger partial charge in [-0.2, -0.15) is 0 Å². The van der Waals surface area contributed by atoms with E-state index in [-0.39, 0.29) is 30.5 Å². The van der Waals surface area contributed by atoms with E-state index in [1.807, 2.05) is 0 Å². The molecule has 0 saturated heterocycles. The number of hydrogen-bond donors (Lipinski definition) is 2. The average Bonchev–Trinajstić information content (AvgIpc) is 2.31. The molecule has 0 aliphatic carbocycles. The van der Waals surface area contributed by atoms with E-state index in [0.29, 0.717) is 0 Å². The summed E-state index contributed by atoms with van der Waals surface area (Å²) in [6.45, 7) is 1.84. The highest BCUT2D eigenvalue weighted by molar-refractivity contribution is 5.76. The van der Waals surface area contributed by atoms with Crippen molar-refractivity contribution in [1.82, 2.24) is 10.2 Å². The maximum Gasteiger partial charge on any atom is 0.221 e. The minimum absolute atomic E-state index is 0.0430. The van der Waals surface area contributed by atoms with Gasteiger partial charge in [0.2, 0.25) is 5.91 Å². The Kier molecular flexibility index (Phi) is 6.04. The number of carbonyl (C=O) groups is 1. The third kappa shape index (κ3) is 4.54. The van der Waals surface area contributed by atoms with E-state index in [1.165, 1.54) is 18.2 Å². The molecule has 112 valence electrons. The molecule has 6 heteroatoms. The van der Waals surface area contributed by atoms with E-state index in [9.17, 15) is 13.6 Å². The van der Waals surface area contributed by atoms with Gasteiger partial charge in [-0.1, -0.05) is 6.07 Å². The van der Waals surface area contributed by atoms with Gasteiger partial charge in [-0.25, -0.2) is 8.78 Å². The van der Waals surface area contributed by atoms with Crippen LogP contribution in [0.3, 0.4) is 0 Å². The molecule has 1 aromatic carbocycles. The quantitative estimate of drug-likeness (QED) is 0.831. The first-order valence-corrected chi connectivity index (χ1v) is 6.45. The second-order valence-electron chi connectivity index (χ2n) is 5.10. The van der Waals surface area contributed by atoms with Crippen molar-refractivity contribution in [1.29, 1.82) is 0 Å². The normalized spacial score (nSPS) is 14.2. The van der Waals surface area contributed by atoms with Crippen LogP contribution in [-0.2, 0) is 4.79 Å². The van der Waals surface area contributed by atoms with Crippen LogP contribution in [0.5, 0.6) is 0 Å². The van der Waals surface area contributed by atoms with Gasteiger partial charge in [0.15, 0.2) is 0 Å². The highest BCUT2D eigenvalue weighted by Crippen LogP contribution is 2.23. The van der Waals surface area contributed by atoms with Crippen LogP contribution < -0.4 is 11.1 Å². The van der Waals surface area contributed by atoms with Gasteiger partial charge < -0.3 is 16.0 Å². The lowest BCUT2D eigenvalue weighted by Crippen LogP contribution is -2.37. The molecule has 0 aliphatic heterocycles. The standard InChI is InChI=1S/C14H21F2N3O/c1-9(17)7-13(20)18-8-12(19(2)3)14-10(15)5-4-6-11(14)16/h4-6,9,12H,7-8,17H2,1-3H3,(H,18,20). The third-order valence-corrected chi connectivity index (χ3v) is 2.96. The largest absolute Gasteiger partial charge is 0.354 e. The van der Waals surface area contributed by atoms with E-state index >= 15 is 0 Å². The second kappa shape index (κ2) is 7.31. The minimum Gasteiger partial charge on any atom is -0.354 e. The molecule has 1 aromatic rings. The molecule has 0 bridgehead atoms. The van der Waals surface area contributed by atoms with Crippen LogP contribution >= 0.6 is 0 Å². The fourth-order valence-electron chi connectivity index (χ4n) is 1.95. The molecule has 2 unspecified atom stereocenters. The molecule has 4 nitrogen and oxygen atoms in total. The van der Waals surface area contributed by atoms with Crippen molar-refractivity contribution >= 4 is 5.91 Å². The summed E-state index contributed by atoms with van der Waals surface area (Å²) in [5.41, 5.74) is 5.48. The molecular weight excluding hydrogens is 264 g/mol. The molecule has 3 N–H and O–H groups in total. The number of halogens is 2. The smallest absolute Gasteiger partial charge is 0.221 e. The summed E-state index contributed by atoms with van der Waals surface area (Å²) in [5, 5.41) is 2.65. The summed E-state index contributed by atoms with van der Waals surface area (Å²) in [4.78, 5) is 13.2. The first kappa shape index (κ1) is 16.5. The van der Waals surface area contributed by atoms with Crippen molar-refractivity contribution in [2.45, 2.75) is 25.4 Å². The molecule has 0 aromatic heterocycles. The third-order valence-electron chi connectivity index (χ3n) is 2.96. The van der Waals surface area contributed by atoms with Crippen LogP contribution in [0.25, 0.3) is 0 Å². The van der Waals surface area contributed by atoms with Gasteiger partial charge in [0.1, 0.15) is 11.6 Å². The number of carbonyl (C=O) groups excluding carboxylic acids is 1. The number of amides is 1. The molecule has 0 radical (unpaired) electrons. The van der Waals surface area contributed by atoms with Crippen LogP contribution in [0.1, 0.15) is 24.9 Å². The first-order valence-electron chi connectivity index (χ1n) is 6.45. The predicted molar refractivity (Wildman–Crippen MR) is 74.1 cm³/mol. The SMILES string of the molecule is CC(N)CC(=O)NCC(c1c(F)cccc1F)N(C)C. The van der Waals surface area contributed by atoms with Crippen LogP contribution in [0.4, 0.5) is 8.78 Å². The number of likely N-dealkylation sites (N-methyl/N-ethyl adjacent to an activating group) is 1. The van der Waals surface area contributed by atoms with Crippen molar-refractivity contribution < 1.29 is 13.6 Å². The van der Waals surface area contributed by atoms with E-state index in [4.69, 9.17) is 5.73 Å². The van der Waals surface area contributed by atoms with E-state index < -0.39 is 17.7 Å². The highest BCUT2D eigenvalue weighted by Gasteiger charge is 2.22. The Labute approximate surface area is 117 Å². The molecule has 0 saturated carbocycles. The fourth-order valence-corrected chi connectivity index (χ4v) is 1.95. The lowest BCUT2D eigenvalue weighted by atomic mass is 10.0. The van der Waals surface area contributed by atoms with Crippen LogP contribution in [0.2, 0.25) is 0 Å². The predicted octanol–water partition coefficient (Wildman–Crippen LogP) is 1.42. The molecule has 0 aliphatic rings. The lowest BCUT2D eigenvalue weighted by Gasteiger charge is -2.26. The zero-order valence-electron chi connectivity index (χ0n) is 12.0. The van der Waals surface area contributed by atoms with Gasteiger partial charge in [-0.3, -0.25) is 4.79 Å². The Hall–Kier alpha value is -1.53. The van der Waals surface area contributed by atoms with Crippen molar-refractivity contribution in [3.63, 3.8) is 0 Å². The zero-order valence-corrected chi connectivity index (χ0v) is 12.0. The Morgan fingerprint density at radius 3 is 2.35 bits per heavy atom. The Balaban J connectivity index is 2.83. The van der Waals surface area contributed by atoms with Gasteiger partial charge in [0.25, 0.3) is 0 Å².